The summed E-state index contributed by atoms with van der Waals surface area (Å²) in [7, 11) is -3.20. The van der Waals surface area contributed by atoms with Gasteiger partial charge in [-0.15, -0.1) is 0 Å². The van der Waals surface area contributed by atoms with Gasteiger partial charge in [-0.2, -0.15) is 0 Å². The van der Waals surface area contributed by atoms with Crippen LogP contribution in [-0.4, -0.2) is 43.4 Å². The van der Waals surface area contributed by atoms with Crippen LogP contribution in [0, 0.1) is 0 Å². The van der Waals surface area contributed by atoms with E-state index >= 15 is 0 Å². The van der Waals surface area contributed by atoms with E-state index in [-0.39, 0.29) is 29.8 Å². The molecule has 3 N–H and O–H groups in total. The first-order chi connectivity index (χ1) is 12.4. The fourth-order valence-electron chi connectivity index (χ4n) is 3.68. The van der Waals surface area contributed by atoms with E-state index in [1.807, 2.05) is 24.3 Å². The van der Waals surface area contributed by atoms with Gasteiger partial charge in [0.2, 0.25) is 5.91 Å². The fourth-order valence-corrected chi connectivity index (χ4v) is 5.95. The van der Waals surface area contributed by atoms with Crippen LogP contribution in [0.4, 0.5) is 10.5 Å². The molecule has 0 aliphatic carbocycles. The quantitative estimate of drug-likeness (QED) is 0.494. The molecule has 3 amide bonds. The molecule has 0 unspecified atom stereocenters. The monoisotopic (exact) mass is 379 g/mol. The lowest BCUT2D eigenvalue weighted by Crippen LogP contribution is -2.39. The first-order valence-electron chi connectivity index (χ1n) is 9.06. The van der Waals surface area contributed by atoms with Gasteiger partial charge in [-0.25, -0.2) is 13.2 Å². The number of nitrogens with one attached hydrogen (secondary N) is 3. The van der Waals surface area contributed by atoms with Crippen molar-refractivity contribution >= 4 is 27.5 Å². The van der Waals surface area contributed by atoms with E-state index in [0.29, 0.717) is 25.7 Å². The van der Waals surface area contributed by atoms with Crippen LogP contribution < -0.4 is 16.0 Å². The molecule has 3 rings (SSSR count). The number of unbranched alkanes of at least 4 members (excludes halogenated alkanes) is 1. The Morgan fingerprint density at radius 2 is 1.92 bits per heavy atom. The summed E-state index contributed by atoms with van der Waals surface area (Å²) in [4.78, 5) is 23.4. The summed E-state index contributed by atoms with van der Waals surface area (Å²) in [6.45, 7) is 2.08. The van der Waals surface area contributed by atoms with Gasteiger partial charge in [0.1, 0.15) is 0 Å². The van der Waals surface area contributed by atoms with Gasteiger partial charge in [0, 0.05) is 12.1 Å². The van der Waals surface area contributed by atoms with Crippen molar-refractivity contribution in [2.45, 2.75) is 56.4 Å². The Hall–Kier alpha value is -2.09. The maximum Gasteiger partial charge on any atom is 0.315 e. The number of rotatable bonds is 7. The second-order valence-corrected chi connectivity index (χ2v) is 9.23. The number of anilines is 1. The zero-order valence-electron chi connectivity index (χ0n) is 14.8. The lowest BCUT2D eigenvalue weighted by atomic mass is 10.0. The third-order valence-electron chi connectivity index (χ3n) is 5.11. The van der Waals surface area contributed by atoms with E-state index in [2.05, 4.69) is 22.9 Å². The molecule has 2 heterocycles. The van der Waals surface area contributed by atoms with Crippen molar-refractivity contribution in [3.8, 4) is 0 Å². The summed E-state index contributed by atoms with van der Waals surface area (Å²) in [5, 5.41) is 7.65. The third kappa shape index (κ3) is 4.17. The van der Waals surface area contributed by atoms with Gasteiger partial charge in [0.25, 0.3) is 0 Å². The highest BCUT2D eigenvalue weighted by molar-refractivity contribution is 7.92. The van der Waals surface area contributed by atoms with Crippen molar-refractivity contribution in [1.29, 1.82) is 0 Å². The second-order valence-electron chi connectivity index (χ2n) is 6.96. The van der Waals surface area contributed by atoms with Crippen LogP contribution in [0.1, 0.15) is 38.2 Å². The summed E-state index contributed by atoms with van der Waals surface area (Å²) in [5.74, 6) is -0.0766. The summed E-state index contributed by atoms with van der Waals surface area (Å²) in [5.41, 5.74) is 1.99. The third-order valence-corrected chi connectivity index (χ3v) is 7.39. The zero-order valence-corrected chi connectivity index (χ0v) is 15.6. The minimum atomic E-state index is -3.20. The molecular formula is C18H25N3O4S. The molecule has 7 nitrogen and oxygen atoms in total. The Morgan fingerprint density at radius 3 is 2.62 bits per heavy atom. The van der Waals surface area contributed by atoms with Gasteiger partial charge in [0.05, 0.1) is 23.1 Å². The van der Waals surface area contributed by atoms with Crippen molar-refractivity contribution < 1.29 is 18.0 Å². The van der Waals surface area contributed by atoms with Gasteiger partial charge in [-0.3, -0.25) is 4.79 Å². The first kappa shape index (κ1) is 18.7. The predicted octanol–water partition coefficient (Wildman–Crippen LogP) is 1.59. The average molecular weight is 379 g/mol. The standard InChI is InChI=1S/C18H25N3O4S/c1-2-12-7-9-13(10-8-12)19-16(22)6-4-3-5-15-17-14(11-26(15,24)25)20-18(23)21-17/h7-10,14-15,17H,2-6,11H2,1H3,(H,19,22)(H2,20,21,23)/t14-,15-,17+/m1/s1. The molecule has 0 saturated carbocycles. The number of fused-ring (bicyclic) bond motifs is 1. The van der Waals surface area contributed by atoms with E-state index in [0.717, 1.165) is 12.1 Å². The molecule has 0 aromatic heterocycles. The average Bonchev–Trinajstić information content (AvgIpc) is 3.04. The lowest BCUT2D eigenvalue weighted by molar-refractivity contribution is -0.116. The summed E-state index contributed by atoms with van der Waals surface area (Å²) in [6, 6.07) is 6.77. The molecule has 0 radical (unpaired) electrons. The van der Waals surface area contributed by atoms with Crippen LogP contribution >= 0.6 is 0 Å². The zero-order chi connectivity index (χ0) is 18.7. The van der Waals surface area contributed by atoms with E-state index in [4.69, 9.17) is 0 Å². The molecule has 0 bridgehead atoms. The van der Waals surface area contributed by atoms with Gasteiger partial charge >= 0.3 is 6.03 Å². The maximum atomic E-state index is 12.2. The number of benzene rings is 1. The molecule has 1 aromatic rings. The minimum absolute atomic E-state index is 0.00465. The van der Waals surface area contributed by atoms with Crippen molar-refractivity contribution in [1.82, 2.24) is 10.6 Å². The van der Waals surface area contributed by atoms with Crippen LogP contribution in [0.5, 0.6) is 0 Å². The van der Waals surface area contributed by atoms with E-state index in [9.17, 15) is 18.0 Å². The number of aryl methyl sites for hydroxylation is 1. The van der Waals surface area contributed by atoms with Crippen molar-refractivity contribution in [3.63, 3.8) is 0 Å². The van der Waals surface area contributed by atoms with Gasteiger partial charge in [0.15, 0.2) is 9.84 Å². The largest absolute Gasteiger partial charge is 0.332 e. The predicted molar refractivity (Wildman–Crippen MR) is 99.7 cm³/mol. The number of amides is 3. The molecule has 2 fully saturated rings. The van der Waals surface area contributed by atoms with E-state index in [1.54, 1.807) is 0 Å². The number of hydrogen-bond donors (Lipinski definition) is 3. The highest BCUT2D eigenvalue weighted by atomic mass is 32.2. The molecule has 2 aliphatic rings. The molecule has 2 aliphatic heterocycles. The van der Waals surface area contributed by atoms with Crippen LogP contribution in [0.25, 0.3) is 0 Å². The Kier molecular flexibility index (Phi) is 5.50. The molecule has 26 heavy (non-hydrogen) atoms. The van der Waals surface area contributed by atoms with E-state index < -0.39 is 15.1 Å². The number of hydrogen-bond acceptors (Lipinski definition) is 4. The highest BCUT2D eigenvalue weighted by Gasteiger charge is 2.51. The SMILES string of the molecule is CCc1ccc(NC(=O)CCCC[C@@H]2[C@H]3NC(=O)N[C@@H]3CS2(=O)=O)cc1. The summed E-state index contributed by atoms with van der Waals surface area (Å²) < 4.78 is 24.5. The second kappa shape index (κ2) is 7.65. The number of carbonyl (C=O) groups excluding carboxylic acids is 2. The molecule has 2 saturated heterocycles. The molecule has 8 heteroatoms. The van der Waals surface area contributed by atoms with Crippen molar-refractivity contribution in [2.75, 3.05) is 11.1 Å². The van der Waals surface area contributed by atoms with Crippen LogP contribution in [0.2, 0.25) is 0 Å². The van der Waals surface area contributed by atoms with E-state index in [1.165, 1.54) is 5.56 Å². The molecular weight excluding hydrogens is 354 g/mol. The molecule has 142 valence electrons. The Morgan fingerprint density at radius 1 is 1.19 bits per heavy atom. The van der Waals surface area contributed by atoms with Crippen molar-refractivity contribution in [3.05, 3.63) is 29.8 Å². The highest BCUT2D eigenvalue weighted by Crippen LogP contribution is 2.28. The van der Waals surface area contributed by atoms with Crippen molar-refractivity contribution in [2.24, 2.45) is 0 Å². The lowest BCUT2D eigenvalue weighted by Gasteiger charge is -2.16. The summed E-state index contributed by atoms with van der Waals surface area (Å²) >= 11 is 0. The minimum Gasteiger partial charge on any atom is -0.332 e. The number of sulfone groups is 1. The Bertz CT molecular complexity index is 776. The van der Waals surface area contributed by atoms with Gasteiger partial charge < -0.3 is 16.0 Å². The number of urea groups is 1. The number of carbonyl (C=O) groups is 2. The molecule has 3 atom stereocenters. The summed E-state index contributed by atoms with van der Waals surface area (Å²) in [6.07, 6.45) is 3.01. The first-order valence-corrected chi connectivity index (χ1v) is 10.8. The van der Waals surface area contributed by atoms with Gasteiger partial charge in [-0.05, 0) is 37.0 Å². The normalized spacial score (nSPS) is 26.0. The van der Waals surface area contributed by atoms with Crippen LogP contribution in [0.15, 0.2) is 24.3 Å². The Balaban J connectivity index is 1.43. The van der Waals surface area contributed by atoms with Crippen LogP contribution in [-0.2, 0) is 21.1 Å². The smallest absolute Gasteiger partial charge is 0.315 e. The molecule has 1 aromatic carbocycles. The Labute approximate surface area is 153 Å². The van der Waals surface area contributed by atoms with Crippen LogP contribution in [0.3, 0.4) is 0 Å². The molecule has 0 spiro atoms. The van der Waals surface area contributed by atoms with Gasteiger partial charge in [-0.1, -0.05) is 25.5 Å². The maximum absolute atomic E-state index is 12.2. The fraction of sp³-hybridized carbons (Fsp3) is 0.556. The topological polar surface area (TPSA) is 104 Å².